The van der Waals surface area contributed by atoms with Crippen molar-refractivity contribution in [2.45, 2.75) is 51.6 Å². The fourth-order valence-electron chi connectivity index (χ4n) is 3.35. The van der Waals surface area contributed by atoms with Gasteiger partial charge in [0.1, 0.15) is 0 Å². The van der Waals surface area contributed by atoms with Crippen LogP contribution in [-0.2, 0) is 0 Å². The van der Waals surface area contributed by atoms with Gasteiger partial charge in [-0.05, 0) is 51.3 Å². The van der Waals surface area contributed by atoms with Gasteiger partial charge in [0.25, 0.3) is 5.91 Å². The van der Waals surface area contributed by atoms with Crippen molar-refractivity contribution in [3.05, 3.63) is 47.8 Å². The Hall–Kier alpha value is -2.83. The lowest BCUT2D eigenvalue weighted by molar-refractivity contribution is 0.0611. The van der Waals surface area contributed by atoms with Crippen LogP contribution in [-0.4, -0.2) is 39.5 Å². The summed E-state index contributed by atoms with van der Waals surface area (Å²) in [5.41, 5.74) is 12.7. The van der Waals surface area contributed by atoms with Crippen LogP contribution in [0.1, 0.15) is 61.5 Å². The highest BCUT2D eigenvalue weighted by atomic mass is 16.2. The molecule has 1 unspecified atom stereocenters. The van der Waals surface area contributed by atoms with E-state index in [0.717, 1.165) is 25.7 Å². The number of carbonyl (C=O) groups excluding carboxylic acids is 1. The SMILES string of the molecule is CC(C)n1cc(C2CC[C@@H](C)N(C(=O)c3ccccc3N)C2)cn1.N=CN. The minimum atomic E-state index is 0.0292. The molecule has 0 radical (unpaired) electrons. The number of amides is 1. The number of nitrogens with two attached hydrogens (primary N) is 2. The van der Waals surface area contributed by atoms with Gasteiger partial charge >= 0.3 is 0 Å². The second-order valence-corrected chi connectivity index (χ2v) is 7.18. The maximum atomic E-state index is 12.9. The highest BCUT2D eigenvalue weighted by molar-refractivity contribution is 5.99. The first-order valence-corrected chi connectivity index (χ1v) is 9.29. The number of aromatic nitrogens is 2. The van der Waals surface area contributed by atoms with Gasteiger partial charge in [0.05, 0.1) is 18.1 Å². The molecule has 3 rings (SSSR count). The molecular formula is C20H30N6O. The van der Waals surface area contributed by atoms with E-state index in [0.29, 0.717) is 23.2 Å². The Labute approximate surface area is 160 Å². The highest BCUT2D eigenvalue weighted by Gasteiger charge is 2.31. The van der Waals surface area contributed by atoms with Gasteiger partial charge in [0.2, 0.25) is 0 Å². The van der Waals surface area contributed by atoms with Crippen LogP contribution in [0.5, 0.6) is 0 Å². The standard InChI is InChI=1S/C19H26N4O.CH4N2/c1-13(2)23-12-16(10-21-23)15-9-8-14(3)22(11-15)19(24)17-6-4-5-7-18(17)20;2-1-3/h4-7,10,12-15H,8-9,11,20H2,1-3H3;1H,(H3,2,3)/t14-,15?;/m1./s1. The maximum Gasteiger partial charge on any atom is 0.256 e. The third kappa shape index (κ3) is 4.87. The maximum absolute atomic E-state index is 12.9. The summed E-state index contributed by atoms with van der Waals surface area (Å²) in [5, 5.41) is 10.3. The van der Waals surface area contributed by atoms with Gasteiger partial charge in [-0.1, -0.05) is 12.1 Å². The van der Waals surface area contributed by atoms with Crippen LogP contribution in [0.15, 0.2) is 36.7 Å². The number of nitrogen functional groups attached to an aromatic ring is 1. The smallest absolute Gasteiger partial charge is 0.256 e. The molecule has 1 aromatic carbocycles. The Morgan fingerprint density at radius 3 is 2.59 bits per heavy atom. The second kappa shape index (κ2) is 9.21. The normalized spacial score (nSPS) is 19.3. The first-order valence-electron chi connectivity index (χ1n) is 9.29. The molecule has 0 aliphatic carbocycles. The molecule has 7 nitrogen and oxygen atoms in total. The van der Waals surface area contributed by atoms with E-state index in [1.165, 1.54) is 5.56 Å². The number of anilines is 1. The first-order chi connectivity index (χ1) is 12.9. The number of nitrogens with one attached hydrogen (secondary N) is 1. The van der Waals surface area contributed by atoms with E-state index in [9.17, 15) is 4.79 Å². The molecule has 0 saturated carbocycles. The summed E-state index contributed by atoms with van der Waals surface area (Å²) in [6.07, 6.45) is 6.89. The van der Waals surface area contributed by atoms with E-state index in [2.05, 4.69) is 37.8 Å². The fourth-order valence-corrected chi connectivity index (χ4v) is 3.35. The van der Waals surface area contributed by atoms with E-state index in [-0.39, 0.29) is 11.9 Å². The molecular weight excluding hydrogens is 340 g/mol. The zero-order valence-corrected chi connectivity index (χ0v) is 16.3. The van der Waals surface area contributed by atoms with Crippen molar-refractivity contribution in [3.8, 4) is 0 Å². The van der Waals surface area contributed by atoms with Crippen LogP contribution in [0, 0.1) is 5.41 Å². The lowest BCUT2D eigenvalue weighted by atomic mass is 9.89. The Morgan fingerprint density at radius 2 is 2.00 bits per heavy atom. The third-order valence-electron chi connectivity index (χ3n) is 4.96. The van der Waals surface area contributed by atoms with Crippen LogP contribution in [0.3, 0.4) is 0 Å². The number of para-hydroxylation sites is 1. The van der Waals surface area contributed by atoms with E-state index >= 15 is 0 Å². The minimum absolute atomic E-state index is 0.0292. The molecule has 1 fully saturated rings. The summed E-state index contributed by atoms with van der Waals surface area (Å²) in [4.78, 5) is 14.9. The summed E-state index contributed by atoms with van der Waals surface area (Å²) in [7, 11) is 0. The molecule has 2 heterocycles. The number of hydrogen-bond acceptors (Lipinski definition) is 4. The Kier molecular flexibility index (Phi) is 6.98. The van der Waals surface area contributed by atoms with Crippen molar-refractivity contribution in [2.75, 3.05) is 12.3 Å². The average molecular weight is 371 g/mol. The Bertz CT molecular complexity index is 769. The molecule has 1 amide bonds. The third-order valence-corrected chi connectivity index (χ3v) is 4.96. The number of rotatable bonds is 3. The van der Waals surface area contributed by atoms with Crippen LogP contribution >= 0.6 is 0 Å². The molecule has 1 aliphatic heterocycles. The monoisotopic (exact) mass is 370 g/mol. The molecule has 146 valence electrons. The quantitative estimate of drug-likeness (QED) is 0.438. The summed E-state index contributed by atoms with van der Waals surface area (Å²) in [6.45, 7) is 7.07. The highest BCUT2D eigenvalue weighted by Crippen LogP contribution is 2.31. The van der Waals surface area contributed by atoms with E-state index < -0.39 is 0 Å². The number of likely N-dealkylation sites (tertiary alicyclic amines) is 1. The van der Waals surface area contributed by atoms with Crippen LogP contribution < -0.4 is 11.5 Å². The van der Waals surface area contributed by atoms with Crippen molar-refractivity contribution in [2.24, 2.45) is 5.73 Å². The first kappa shape index (κ1) is 20.5. The van der Waals surface area contributed by atoms with Crippen LogP contribution in [0.2, 0.25) is 0 Å². The van der Waals surface area contributed by atoms with Crippen molar-refractivity contribution in [1.29, 1.82) is 5.41 Å². The molecule has 1 aliphatic rings. The molecule has 1 aromatic heterocycles. The Morgan fingerprint density at radius 1 is 1.33 bits per heavy atom. The Balaban J connectivity index is 0.000000817. The fraction of sp³-hybridized carbons (Fsp3) is 0.450. The lowest BCUT2D eigenvalue weighted by Gasteiger charge is -2.38. The van der Waals surface area contributed by atoms with Gasteiger partial charge in [0.15, 0.2) is 0 Å². The van der Waals surface area contributed by atoms with Gasteiger partial charge in [-0.25, -0.2) is 0 Å². The molecule has 7 heteroatoms. The van der Waals surface area contributed by atoms with E-state index in [1.54, 1.807) is 6.07 Å². The van der Waals surface area contributed by atoms with Gasteiger partial charge in [-0.3, -0.25) is 14.9 Å². The van der Waals surface area contributed by atoms with E-state index in [4.69, 9.17) is 11.1 Å². The largest absolute Gasteiger partial charge is 0.398 e. The molecule has 1 saturated heterocycles. The number of nitrogens with zero attached hydrogens (tertiary/aromatic N) is 3. The number of benzene rings is 1. The van der Waals surface area contributed by atoms with Gasteiger partial charge in [-0.2, -0.15) is 5.10 Å². The lowest BCUT2D eigenvalue weighted by Crippen LogP contribution is -2.45. The zero-order chi connectivity index (χ0) is 20.0. The van der Waals surface area contributed by atoms with Gasteiger partial charge in [0, 0.05) is 36.4 Å². The molecule has 2 aromatic rings. The summed E-state index contributed by atoms with van der Waals surface area (Å²) in [6, 6.07) is 7.89. The zero-order valence-electron chi connectivity index (χ0n) is 16.3. The number of hydrogen-bond donors (Lipinski definition) is 3. The number of piperidine rings is 1. The molecule has 5 N–H and O–H groups in total. The average Bonchev–Trinajstić information content (AvgIpc) is 3.13. The van der Waals surface area contributed by atoms with E-state index in [1.807, 2.05) is 34.0 Å². The molecule has 2 atom stereocenters. The number of carbonyl (C=O) groups is 1. The van der Waals surface area contributed by atoms with Crippen LogP contribution in [0.4, 0.5) is 5.69 Å². The van der Waals surface area contributed by atoms with Crippen molar-refractivity contribution >= 4 is 17.9 Å². The second-order valence-electron chi connectivity index (χ2n) is 7.18. The molecule has 0 spiro atoms. The van der Waals surface area contributed by atoms with Crippen LogP contribution in [0.25, 0.3) is 0 Å². The predicted octanol–water partition coefficient (Wildman–Crippen LogP) is 3.01. The minimum Gasteiger partial charge on any atom is -0.398 e. The summed E-state index contributed by atoms with van der Waals surface area (Å²) < 4.78 is 1.98. The van der Waals surface area contributed by atoms with Crippen molar-refractivity contribution < 1.29 is 4.79 Å². The van der Waals surface area contributed by atoms with Gasteiger partial charge in [-0.15, -0.1) is 0 Å². The van der Waals surface area contributed by atoms with Crippen molar-refractivity contribution in [1.82, 2.24) is 14.7 Å². The summed E-state index contributed by atoms with van der Waals surface area (Å²) in [5.74, 6) is 0.365. The van der Waals surface area contributed by atoms with Crippen molar-refractivity contribution in [3.63, 3.8) is 0 Å². The molecule has 27 heavy (non-hydrogen) atoms. The van der Waals surface area contributed by atoms with Gasteiger partial charge < -0.3 is 16.4 Å². The predicted molar refractivity (Wildman–Crippen MR) is 109 cm³/mol. The topological polar surface area (TPSA) is 114 Å². The molecule has 0 bridgehead atoms. The summed E-state index contributed by atoms with van der Waals surface area (Å²) >= 11 is 0.